The van der Waals surface area contributed by atoms with Crippen LogP contribution in [0.1, 0.15) is 34.5 Å². The lowest BCUT2D eigenvalue weighted by Crippen LogP contribution is -2.25. The van der Waals surface area contributed by atoms with Gasteiger partial charge in [-0.15, -0.1) is 0 Å². The van der Waals surface area contributed by atoms with Crippen LogP contribution in [0.4, 0.5) is 0 Å². The van der Waals surface area contributed by atoms with E-state index in [4.69, 9.17) is 16.2 Å². The molecule has 1 aromatic carbocycles. The zero-order valence-electron chi connectivity index (χ0n) is 11.1. The minimum Gasteiger partial charge on any atom is -0.370 e. The first-order valence-corrected chi connectivity index (χ1v) is 7.50. The Kier molecular flexibility index (Phi) is 3.53. The highest BCUT2D eigenvalue weighted by Gasteiger charge is 2.30. The Bertz CT molecular complexity index is 706. The number of hydrogen-bond donors (Lipinski definition) is 2. The number of carbonyl (C=O) groups is 1. The Hall–Kier alpha value is -1.93. The smallest absolute Gasteiger partial charge is 0.280 e. The molecule has 0 radical (unpaired) electrons. The molecule has 8 heteroatoms. The third-order valence-corrected chi connectivity index (χ3v) is 4.53. The van der Waals surface area contributed by atoms with Crippen LogP contribution < -0.4 is 11.5 Å². The molecule has 1 amide bonds. The minimum atomic E-state index is -3.56. The van der Waals surface area contributed by atoms with Gasteiger partial charge in [0.25, 0.3) is 5.91 Å². The molecule has 1 unspecified atom stereocenters. The van der Waals surface area contributed by atoms with Gasteiger partial charge in [-0.25, -0.2) is 8.42 Å². The number of guanidine groups is 1. The molecular formula is C12H15N3O4S. The number of carbonyl (C=O) groups excluding carboxylic acids is 1. The molecule has 0 bridgehead atoms. The number of nitrogens with two attached hydrogens (primary N) is 2. The van der Waals surface area contributed by atoms with E-state index in [9.17, 15) is 13.2 Å². The zero-order chi connectivity index (χ0) is 15.1. The number of ether oxygens (including phenoxy) is 1. The van der Waals surface area contributed by atoms with Crippen molar-refractivity contribution in [1.82, 2.24) is 0 Å². The van der Waals surface area contributed by atoms with Crippen molar-refractivity contribution in [2.75, 3.05) is 5.94 Å². The van der Waals surface area contributed by atoms with Crippen LogP contribution in [-0.2, 0) is 14.6 Å². The third kappa shape index (κ3) is 2.52. The summed E-state index contributed by atoms with van der Waals surface area (Å²) in [6.07, 6.45) is -0.348. The van der Waals surface area contributed by atoms with Crippen LogP contribution >= 0.6 is 0 Å². The first-order valence-electron chi connectivity index (χ1n) is 5.85. The van der Waals surface area contributed by atoms with Crippen molar-refractivity contribution in [3.05, 3.63) is 28.8 Å². The molecule has 4 N–H and O–H groups in total. The molecule has 0 saturated carbocycles. The molecule has 1 heterocycles. The standard InChI is InChI=1S/C12H15N3O4S/c1-6-3-9-7(2)19-5-20(17,18)10(9)4-8(6)11(16)15-12(13)14/h3-4,7H,5H2,1-2H3,(H4,13,14,15,16). The normalized spacial score (nSPS) is 20.0. The fourth-order valence-electron chi connectivity index (χ4n) is 2.05. The quantitative estimate of drug-likeness (QED) is 0.564. The molecule has 108 valence electrons. The predicted octanol–water partition coefficient (Wildman–Crippen LogP) is 0.231. The molecule has 20 heavy (non-hydrogen) atoms. The van der Waals surface area contributed by atoms with E-state index in [1.807, 2.05) is 0 Å². The maximum atomic E-state index is 12.0. The van der Waals surface area contributed by atoms with Crippen LogP contribution in [0.3, 0.4) is 0 Å². The molecule has 0 fully saturated rings. The Morgan fingerprint density at radius 1 is 1.40 bits per heavy atom. The molecule has 1 aromatic rings. The van der Waals surface area contributed by atoms with Gasteiger partial charge in [0.15, 0.2) is 11.9 Å². The highest BCUT2D eigenvalue weighted by Crippen LogP contribution is 2.33. The van der Waals surface area contributed by atoms with Gasteiger partial charge >= 0.3 is 0 Å². The highest BCUT2D eigenvalue weighted by atomic mass is 32.2. The summed E-state index contributed by atoms with van der Waals surface area (Å²) in [6.45, 7) is 3.44. The number of sulfone groups is 1. The summed E-state index contributed by atoms with van der Waals surface area (Å²) in [5.74, 6) is -1.44. The van der Waals surface area contributed by atoms with Gasteiger partial charge < -0.3 is 16.2 Å². The van der Waals surface area contributed by atoms with Crippen LogP contribution in [0.2, 0.25) is 0 Å². The molecule has 7 nitrogen and oxygen atoms in total. The van der Waals surface area contributed by atoms with Crippen LogP contribution in [0.5, 0.6) is 0 Å². The van der Waals surface area contributed by atoms with Crippen LogP contribution in [-0.4, -0.2) is 26.2 Å². The monoisotopic (exact) mass is 297 g/mol. The molecule has 0 aromatic heterocycles. The third-order valence-electron chi connectivity index (χ3n) is 3.06. The van der Waals surface area contributed by atoms with Crippen molar-refractivity contribution in [3.63, 3.8) is 0 Å². The van der Waals surface area contributed by atoms with E-state index in [0.29, 0.717) is 11.1 Å². The van der Waals surface area contributed by atoms with Crippen molar-refractivity contribution in [2.45, 2.75) is 24.8 Å². The largest absolute Gasteiger partial charge is 0.370 e. The van der Waals surface area contributed by atoms with Crippen LogP contribution in [0.25, 0.3) is 0 Å². The van der Waals surface area contributed by atoms with E-state index in [0.717, 1.165) is 0 Å². The summed E-state index contributed by atoms with van der Waals surface area (Å²) < 4.78 is 29.2. The van der Waals surface area contributed by atoms with Gasteiger partial charge in [0, 0.05) is 5.56 Å². The summed E-state index contributed by atoms with van der Waals surface area (Å²) in [4.78, 5) is 15.4. The summed E-state index contributed by atoms with van der Waals surface area (Å²) >= 11 is 0. The first-order chi connectivity index (χ1) is 9.22. The number of benzene rings is 1. The summed E-state index contributed by atoms with van der Waals surface area (Å²) in [7, 11) is -3.56. The number of aryl methyl sites for hydroxylation is 1. The number of nitrogens with zero attached hydrogens (tertiary/aromatic N) is 1. The maximum absolute atomic E-state index is 12.0. The maximum Gasteiger partial charge on any atom is 0.280 e. The fraction of sp³-hybridized carbons (Fsp3) is 0.333. The van der Waals surface area contributed by atoms with E-state index in [2.05, 4.69) is 4.99 Å². The molecule has 2 rings (SSSR count). The Morgan fingerprint density at radius 3 is 2.65 bits per heavy atom. The Labute approximate surface area is 116 Å². The SMILES string of the molecule is Cc1cc2c(cc1C(=O)N=C(N)N)S(=O)(=O)COC2C. The summed E-state index contributed by atoms with van der Waals surface area (Å²) in [5, 5.41) is 0. The van der Waals surface area contributed by atoms with E-state index in [1.165, 1.54) is 6.07 Å². The number of fused-ring (bicyclic) bond motifs is 1. The van der Waals surface area contributed by atoms with Crippen molar-refractivity contribution in [2.24, 2.45) is 16.5 Å². The number of aliphatic imine (C=N–C) groups is 1. The average Bonchev–Trinajstić information content (AvgIpc) is 2.33. The number of rotatable bonds is 1. The Morgan fingerprint density at radius 2 is 2.05 bits per heavy atom. The predicted molar refractivity (Wildman–Crippen MR) is 72.9 cm³/mol. The molecule has 1 aliphatic heterocycles. The lowest BCUT2D eigenvalue weighted by atomic mass is 10.0. The molecule has 1 aliphatic rings. The minimum absolute atomic E-state index is 0.0935. The number of amides is 1. The lowest BCUT2D eigenvalue weighted by Gasteiger charge is -2.24. The van der Waals surface area contributed by atoms with Gasteiger partial charge in [0.05, 0.1) is 11.0 Å². The molecule has 0 aliphatic carbocycles. The second kappa shape index (κ2) is 4.88. The first kappa shape index (κ1) is 14.5. The number of hydrogen-bond acceptors (Lipinski definition) is 4. The average molecular weight is 297 g/mol. The molecule has 0 spiro atoms. The van der Waals surface area contributed by atoms with Gasteiger partial charge in [0.1, 0.15) is 0 Å². The molecule has 1 atom stereocenters. The van der Waals surface area contributed by atoms with Crippen molar-refractivity contribution < 1.29 is 17.9 Å². The summed E-state index contributed by atoms with van der Waals surface area (Å²) in [5.41, 5.74) is 11.6. The topological polar surface area (TPSA) is 125 Å². The van der Waals surface area contributed by atoms with Gasteiger partial charge in [-0.2, -0.15) is 4.99 Å². The second-order valence-electron chi connectivity index (χ2n) is 4.59. The van der Waals surface area contributed by atoms with E-state index in [1.54, 1.807) is 19.9 Å². The van der Waals surface area contributed by atoms with Gasteiger partial charge in [-0.3, -0.25) is 4.79 Å². The fourth-order valence-corrected chi connectivity index (χ4v) is 3.44. The zero-order valence-corrected chi connectivity index (χ0v) is 11.9. The second-order valence-corrected chi connectivity index (χ2v) is 6.49. The van der Waals surface area contributed by atoms with Crippen molar-refractivity contribution in [3.8, 4) is 0 Å². The highest BCUT2D eigenvalue weighted by molar-refractivity contribution is 7.91. The van der Waals surface area contributed by atoms with Crippen molar-refractivity contribution in [1.29, 1.82) is 0 Å². The molecule has 0 saturated heterocycles. The van der Waals surface area contributed by atoms with Crippen LogP contribution in [0.15, 0.2) is 22.0 Å². The lowest BCUT2D eigenvalue weighted by molar-refractivity contribution is 0.0922. The molecular weight excluding hydrogens is 282 g/mol. The van der Waals surface area contributed by atoms with E-state index < -0.39 is 21.7 Å². The van der Waals surface area contributed by atoms with Crippen molar-refractivity contribution >= 4 is 21.7 Å². The van der Waals surface area contributed by atoms with Gasteiger partial charge in [-0.05, 0) is 31.0 Å². The van der Waals surface area contributed by atoms with Crippen LogP contribution in [0, 0.1) is 6.92 Å². The van der Waals surface area contributed by atoms with E-state index >= 15 is 0 Å². The summed E-state index contributed by atoms with van der Waals surface area (Å²) in [6, 6.07) is 2.93. The Balaban J connectivity index is 2.65. The van der Waals surface area contributed by atoms with E-state index in [-0.39, 0.29) is 22.5 Å². The van der Waals surface area contributed by atoms with Gasteiger partial charge in [-0.1, -0.05) is 6.07 Å². The van der Waals surface area contributed by atoms with Gasteiger partial charge in [0.2, 0.25) is 9.84 Å².